The molecule has 2 atom stereocenters. The number of carbonyl (C=O) groups is 2. The number of ketones is 2. The average Bonchev–Trinajstić information content (AvgIpc) is 2.56. The van der Waals surface area contributed by atoms with Gasteiger partial charge in [0.1, 0.15) is 0 Å². The van der Waals surface area contributed by atoms with Crippen molar-refractivity contribution in [3.63, 3.8) is 0 Å². The van der Waals surface area contributed by atoms with Crippen LogP contribution < -0.4 is 0 Å². The zero-order chi connectivity index (χ0) is 15.9. The number of hydrogen-bond donors (Lipinski definition) is 0. The quantitative estimate of drug-likeness (QED) is 0.737. The van der Waals surface area contributed by atoms with Gasteiger partial charge in [-0.1, -0.05) is 30.3 Å². The molecule has 5 heteroatoms. The van der Waals surface area contributed by atoms with Crippen molar-refractivity contribution < 1.29 is 13.8 Å². The minimum Gasteiger partial charge on any atom is -0.294 e. The molecule has 0 saturated heterocycles. The Labute approximate surface area is 132 Å². The molecule has 0 radical (unpaired) electrons. The third-order valence-electron chi connectivity index (χ3n) is 3.37. The van der Waals surface area contributed by atoms with E-state index in [4.69, 9.17) is 0 Å². The lowest BCUT2D eigenvalue weighted by Crippen LogP contribution is -2.26. The van der Waals surface area contributed by atoms with Crippen molar-refractivity contribution in [2.45, 2.75) is 18.1 Å². The van der Waals surface area contributed by atoms with Crippen LogP contribution in [0, 0.1) is 0 Å². The molecule has 4 nitrogen and oxygen atoms in total. The Kier molecular flexibility index (Phi) is 5.72. The van der Waals surface area contributed by atoms with Gasteiger partial charge in [0.15, 0.2) is 11.6 Å². The number of nitrogens with zero attached hydrogens (tertiary/aromatic N) is 1. The van der Waals surface area contributed by atoms with Gasteiger partial charge >= 0.3 is 0 Å². The number of rotatable bonds is 7. The molecule has 0 N–H and O–H groups in total. The minimum absolute atomic E-state index is 0.0931. The number of hydrogen-bond acceptors (Lipinski definition) is 4. The standard InChI is InChI=1S/C17H17NO3S/c1-22(21)16(17(20)13-6-3-2-4-7-13)10-9-15(19)14-8-5-11-18-12-14/h2-8,11-12,16H,9-10H2,1H3. The van der Waals surface area contributed by atoms with Crippen molar-refractivity contribution in [3.8, 4) is 0 Å². The maximum absolute atomic E-state index is 12.4. The van der Waals surface area contributed by atoms with E-state index in [-0.39, 0.29) is 24.4 Å². The number of aromatic nitrogens is 1. The van der Waals surface area contributed by atoms with E-state index >= 15 is 0 Å². The van der Waals surface area contributed by atoms with Gasteiger partial charge in [0.2, 0.25) is 0 Å². The Morgan fingerprint density at radius 1 is 1.09 bits per heavy atom. The summed E-state index contributed by atoms with van der Waals surface area (Å²) in [5.41, 5.74) is 1.03. The van der Waals surface area contributed by atoms with Crippen LogP contribution in [0.4, 0.5) is 0 Å². The Hall–Kier alpha value is -2.14. The molecule has 2 rings (SSSR count). The molecule has 0 spiro atoms. The second-order valence-corrected chi connectivity index (χ2v) is 6.49. The van der Waals surface area contributed by atoms with Crippen molar-refractivity contribution in [2.75, 3.05) is 6.26 Å². The smallest absolute Gasteiger partial charge is 0.178 e. The van der Waals surface area contributed by atoms with Gasteiger partial charge in [0.25, 0.3) is 0 Å². The molecule has 0 aliphatic heterocycles. The van der Waals surface area contributed by atoms with Crippen LogP contribution in [0.15, 0.2) is 54.9 Å². The van der Waals surface area contributed by atoms with Gasteiger partial charge in [0, 0.05) is 47.0 Å². The monoisotopic (exact) mass is 315 g/mol. The number of carbonyl (C=O) groups excluding carboxylic acids is 2. The first-order valence-corrected chi connectivity index (χ1v) is 8.56. The van der Waals surface area contributed by atoms with E-state index in [1.54, 1.807) is 42.6 Å². The summed E-state index contributed by atoms with van der Waals surface area (Å²) in [7, 11) is -1.32. The van der Waals surface area contributed by atoms with Crippen molar-refractivity contribution in [1.82, 2.24) is 4.98 Å². The summed E-state index contributed by atoms with van der Waals surface area (Å²) < 4.78 is 11.9. The highest BCUT2D eigenvalue weighted by molar-refractivity contribution is 7.85. The highest BCUT2D eigenvalue weighted by atomic mass is 32.2. The first-order valence-electron chi connectivity index (χ1n) is 6.94. The second-order valence-electron chi connectivity index (χ2n) is 4.92. The summed E-state index contributed by atoms with van der Waals surface area (Å²) >= 11 is 0. The molecule has 2 aromatic rings. The lowest BCUT2D eigenvalue weighted by atomic mass is 10.0. The molecule has 22 heavy (non-hydrogen) atoms. The molecule has 0 aliphatic rings. The summed E-state index contributed by atoms with van der Waals surface area (Å²) in [6.45, 7) is 0. The maximum Gasteiger partial charge on any atom is 0.178 e. The SMILES string of the molecule is CS(=O)C(CCC(=O)c1cccnc1)C(=O)c1ccccc1. The molecule has 0 bridgehead atoms. The van der Waals surface area contributed by atoms with Gasteiger partial charge in [-0.05, 0) is 18.6 Å². The van der Waals surface area contributed by atoms with Gasteiger partial charge in [-0.3, -0.25) is 18.8 Å². The van der Waals surface area contributed by atoms with Crippen LogP contribution in [0.1, 0.15) is 33.6 Å². The summed E-state index contributed by atoms with van der Waals surface area (Å²) in [6.07, 6.45) is 5.04. The molecular weight excluding hydrogens is 298 g/mol. The molecule has 0 fully saturated rings. The van der Waals surface area contributed by atoms with Crippen LogP contribution in [-0.4, -0.2) is 32.3 Å². The van der Waals surface area contributed by atoms with Crippen molar-refractivity contribution in [2.24, 2.45) is 0 Å². The number of pyridine rings is 1. The fraction of sp³-hybridized carbons (Fsp3) is 0.235. The molecule has 0 amide bonds. The van der Waals surface area contributed by atoms with E-state index in [1.807, 2.05) is 6.07 Å². The van der Waals surface area contributed by atoms with E-state index in [0.717, 1.165) is 0 Å². The summed E-state index contributed by atoms with van der Waals surface area (Å²) in [5, 5.41) is -0.664. The molecular formula is C17H17NO3S. The van der Waals surface area contributed by atoms with Gasteiger partial charge in [-0.2, -0.15) is 0 Å². The molecule has 0 saturated carbocycles. The largest absolute Gasteiger partial charge is 0.294 e. The molecule has 114 valence electrons. The Balaban J connectivity index is 2.05. The van der Waals surface area contributed by atoms with E-state index < -0.39 is 16.0 Å². The zero-order valence-electron chi connectivity index (χ0n) is 12.3. The third kappa shape index (κ3) is 4.18. The van der Waals surface area contributed by atoms with Crippen LogP contribution >= 0.6 is 0 Å². The molecule has 0 aliphatic carbocycles. The fourth-order valence-corrected chi connectivity index (χ4v) is 3.06. The van der Waals surface area contributed by atoms with Crippen molar-refractivity contribution >= 4 is 22.4 Å². The minimum atomic E-state index is -1.32. The lowest BCUT2D eigenvalue weighted by Gasteiger charge is -2.13. The van der Waals surface area contributed by atoms with Gasteiger partial charge in [0.05, 0.1) is 5.25 Å². The summed E-state index contributed by atoms with van der Waals surface area (Å²) in [6, 6.07) is 12.1. The average molecular weight is 315 g/mol. The van der Waals surface area contributed by atoms with Crippen molar-refractivity contribution in [1.29, 1.82) is 0 Å². The molecule has 1 heterocycles. The van der Waals surface area contributed by atoms with Crippen molar-refractivity contribution in [3.05, 3.63) is 66.0 Å². The van der Waals surface area contributed by atoms with E-state index in [9.17, 15) is 13.8 Å². The van der Waals surface area contributed by atoms with Crippen LogP contribution in [-0.2, 0) is 10.8 Å². The summed E-state index contributed by atoms with van der Waals surface area (Å²) in [5.74, 6) is -0.273. The Bertz CT molecular complexity index is 671. The zero-order valence-corrected chi connectivity index (χ0v) is 13.1. The van der Waals surface area contributed by atoms with Crippen LogP contribution in [0.2, 0.25) is 0 Å². The number of Topliss-reactive ketones (excluding diaryl/α,β-unsaturated/α-hetero) is 2. The van der Waals surface area contributed by atoms with Gasteiger partial charge in [-0.15, -0.1) is 0 Å². The van der Waals surface area contributed by atoms with Gasteiger partial charge in [-0.25, -0.2) is 0 Å². The third-order valence-corrected chi connectivity index (χ3v) is 4.62. The highest BCUT2D eigenvalue weighted by Gasteiger charge is 2.24. The predicted molar refractivity (Wildman–Crippen MR) is 86.4 cm³/mol. The summed E-state index contributed by atoms with van der Waals surface area (Å²) in [4.78, 5) is 28.4. The Morgan fingerprint density at radius 3 is 2.36 bits per heavy atom. The first-order chi connectivity index (χ1) is 10.6. The highest BCUT2D eigenvalue weighted by Crippen LogP contribution is 2.14. The maximum atomic E-state index is 12.4. The first kappa shape index (κ1) is 16.2. The van der Waals surface area contributed by atoms with Gasteiger partial charge < -0.3 is 0 Å². The molecule has 2 unspecified atom stereocenters. The normalized spacial score (nSPS) is 13.3. The lowest BCUT2D eigenvalue weighted by molar-refractivity contribution is 0.0961. The van der Waals surface area contributed by atoms with E-state index in [2.05, 4.69) is 4.98 Å². The van der Waals surface area contributed by atoms with E-state index in [0.29, 0.717) is 11.1 Å². The Morgan fingerprint density at radius 2 is 1.77 bits per heavy atom. The topological polar surface area (TPSA) is 64.1 Å². The van der Waals surface area contributed by atoms with Crippen LogP contribution in [0.25, 0.3) is 0 Å². The van der Waals surface area contributed by atoms with E-state index in [1.165, 1.54) is 12.5 Å². The number of benzene rings is 1. The second kappa shape index (κ2) is 7.75. The van der Waals surface area contributed by atoms with Crippen LogP contribution in [0.5, 0.6) is 0 Å². The fourth-order valence-electron chi connectivity index (χ4n) is 2.17. The predicted octanol–water partition coefficient (Wildman–Crippen LogP) is 2.67. The molecule has 1 aromatic heterocycles. The molecule has 1 aromatic carbocycles. The van der Waals surface area contributed by atoms with Crippen LogP contribution in [0.3, 0.4) is 0 Å².